The molecule has 164 valence electrons. The minimum atomic E-state index is -6.95. The summed E-state index contributed by atoms with van der Waals surface area (Å²) in [4.78, 5) is 11.6. The summed E-state index contributed by atoms with van der Waals surface area (Å²) < 4.78 is 129. The molecular formula is C18H10F10O2. The van der Waals surface area contributed by atoms with Crippen LogP contribution in [0.3, 0.4) is 0 Å². The molecule has 12 heteroatoms. The standard InChI is InChI=1S/C18H10F10O2/c19-15(20,17(23,24)25)14(30,16(21,22)18(26,27)28)9-2-1-4-10-7-8-12-11(10)5-3-6-13(12)29/h3,5-8,30H,1,4H2. The molecule has 0 saturated heterocycles. The van der Waals surface area contributed by atoms with Crippen LogP contribution in [0.2, 0.25) is 0 Å². The van der Waals surface area contributed by atoms with Crippen molar-refractivity contribution in [3.63, 3.8) is 0 Å². The number of hydrogen-bond acceptors (Lipinski definition) is 2. The summed E-state index contributed by atoms with van der Waals surface area (Å²) in [6.07, 6.45) is -8.14. The zero-order chi connectivity index (χ0) is 23.2. The maximum absolute atomic E-state index is 13.5. The van der Waals surface area contributed by atoms with E-state index >= 15 is 0 Å². The number of carbonyl (C=O) groups is 1. The highest BCUT2D eigenvalue weighted by Gasteiger charge is 2.84. The van der Waals surface area contributed by atoms with Crippen LogP contribution in [0.1, 0.15) is 12.8 Å². The number of fused-ring (bicyclic) bond motifs is 1. The Morgan fingerprint density at radius 2 is 1.33 bits per heavy atom. The summed E-state index contributed by atoms with van der Waals surface area (Å²) in [5.74, 6) is -12.4. The molecule has 0 fully saturated rings. The Labute approximate surface area is 162 Å². The van der Waals surface area contributed by atoms with E-state index in [4.69, 9.17) is 0 Å². The number of aliphatic hydroxyl groups is 1. The lowest BCUT2D eigenvalue weighted by Crippen LogP contribution is -2.69. The van der Waals surface area contributed by atoms with Crippen molar-refractivity contribution < 1.29 is 53.8 Å². The number of alkyl halides is 10. The predicted octanol–water partition coefficient (Wildman–Crippen LogP) is 4.83. The van der Waals surface area contributed by atoms with Crippen LogP contribution in [0.5, 0.6) is 0 Å². The van der Waals surface area contributed by atoms with Gasteiger partial charge in [-0.2, -0.15) is 43.9 Å². The lowest BCUT2D eigenvalue weighted by molar-refractivity contribution is -0.406. The maximum atomic E-state index is 13.5. The van der Waals surface area contributed by atoms with Crippen molar-refractivity contribution in [2.24, 2.45) is 0 Å². The van der Waals surface area contributed by atoms with Crippen LogP contribution < -0.4 is 0 Å². The molecule has 2 nitrogen and oxygen atoms in total. The van der Waals surface area contributed by atoms with Gasteiger partial charge in [0.15, 0.2) is 5.78 Å². The van der Waals surface area contributed by atoms with Crippen molar-refractivity contribution in [1.82, 2.24) is 0 Å². The number of ketones is 1. The fourth-order valence-electron chi connectivity index (χ4n) is 2.64. The normalized spacial score (nSPS) is 17.7. The van der Waals surface area contributed by atoms with E-state index in [1.807, 2.05) is 0 Å². The van der Waals surface area contributed by atoms with E-state index in [1.54, 1.807) is 0 Å². The molecule has 0 bridgehead atoms. The van der Waals surface area contributed by atoms with Gasteiger partial charge >= 0.3 is 24.2 Å². The van der Waals surface area contributed by atoms with Crippen LogP contribution in [-0.4, -0.2) is 40.7 Å². The van der Waals surface area contributed by atoms with E-state index in [2.05, 4.69) is 0 Å². The first kappa shape index (κ1) is 23.7. The molecule has 0 radical (unpaired) electrons. The van der Waals surface area contributed by atoms with Crippen molar-refractivity contribution in [2.45, 2.75) is 42.6 Å². The maximum Gasteiger partial charge on any atom is 0.457 e. The molecule has 0 saturated carbocycles. The van der Waals surface area contributed by atoms with E-state index in [9.17, 15) is 53.8 Å². The van der Waals surface area contributed by atoms with Gasteiger partial charge in [0, 0.05) is 12.0 Å². The van der Waals surface area contributed by atoms with Crippen molar-refractivity contribution >= 4 is 5.78 Å². The number of allylic oxidation sites excluding steroid dienone is 8. The van der Waals surface area contributed by atoms with Crippen LogP contribution in [0.25, 0.3) is 0 Å². The Hall–Kier alpha value is -2.55. The molecule has 2 aliphatic carbocycles. The fraction of sp³-hybridized carbons (Fsp3) is 0.389. The largest absolute Gasteiger partial charge is 0.457 e. The van der Waals surface area contributed by atoms with E-state index in [1.165, 1.54) is 36.3 Å². The van der Waals surface area contributed by atoms with Gasteiger partial charge in [0.05, 0.1) is 0 Å². The lowest BCUT2D eigenvalue weighted by atomic mass is 9.87. The zero-order valence-electron chi connectivity index (χ0n) is 14.4. The first-order valence-corrected chi connectivity index (χ1v) is 7.93. The summed E-state index contributed by atoms with van der Waals surface area (Å²) in [6, 6.07) is 0. The molecule has 0 unspecified atom stereocenters. The van der Waals surface area contributed by atoms with Crippen LogP contribution in [0.15, 0.2) is 47.1 Å². The topological polar surface area (TPSA) is 37.3 Å². The van der Waals surface area contributed by atoms with Crippen LogP contribution in [0, 0.1) is 11.8 Å². The van der Waals surface area contributed by atoms with Gasteiger partial charge < -0.3 is 5.11 Å². The monoisotopic (exact) mass is 448 g/mol. The molecule has 0 spiro atoms. The minimum Gasteiger partial charge on any atom is -0.367 e. The number of rotatable bonds is 4. The SMILES string of the molecule is O=C1C=CC=C2C(CCC#CC(O)(C(F)(F)C(F)(F)F)C(F)(F)C(F)(F)F)=CC=C12. The average molecular weight is 448 g/mol. The first-order valence-electron chi connectivity index (χ1n) is 7.93. The summed E-state index contributed by atoms with van der Waals surface area (Å²) in [7, 11) is 0. The third kappa shape index (κ3) is 3.66. The number of carbonyl (C=O) groups excluding carboxylic acids is 1. The van der Waals surface area contributed by atoms with Crippen LogP contribution >= 0.6 is 0 Å². The van der Waals surface area contributed by atoms with Gasteiger partial charge in [-0.3, -0.25) is 4.79 Å². The highest BCUT2D eigenvalue weighted by molar-refractivity contribution is 6.10. The third-order valence-corrected chi connectivity index (χ3v) is 4.27. The summed E-state index contributed by atoms with van der Waals surface area (Å²) in [5.41, 5.74) is -5.16. The molecular weight excluding hydrogens is 438 g/mol. The number of halogens is 10. The fourth-order valence-corrected chi connectivity index (χ4v) is 2.64. The van der Waals surface area contributed by atoms with Crippen molar-refractivity contribution in [1.29, 1.82) is 0 Å². The van der Waals surface area contributed by atoms with Gasteiger partial charge in [0.25, 0.3) is 5.60 Å². The minimum absolute atomic E-state index is 0.240. The molecule has 0 aromatic carbocycles. The summed E-state index contributed by atoms with van der Waals surface area (Å²) in [5, 5.41) is 9.25. The van der Waals surface area contributed by atoms with Gasteiger partial charge in [0.1, 0.15) is 0 Å². The molecule has 1 N–H and O–H groups in total. The smallest absolute Gasteiger partial charge is 0.367 e. The second kappa shape index (κ2) is 7.30. The lowest BCUT2D eigenvalue weighted by Gasteiger charge is -2.38. The van der Waals surface area contributed by atoms with Crippen molar-refractivity contribution in [3.05, 3.63) is 47.1 Å². The highest BCUT2D eigenvalue weighted by Crippen LogP contribution is 2.54. The van der Waals surface area contributed by atoms with Crippen LogP contribution in [0.4, 0.5) is 43.9 Å². The van der Waals surface area contributed by atoms with Gasteiger partial charge in [-0.25, -0.2) is 0 Å². The predicted molar refractivity (Wildman–Crippen MR) is 82.4 cm³/mol. The van der Waals surface area contributed by atoms with Gasteiger partial charge in [-0.1, -0.05) is 36.1 Å². The molecule has 0 aliphatic heterocycles. The van der Waals surface area contributed by atoms with Crippen LogP contribution in [-0.2, 0) is 4.79 Å². The molecule has 30 heavy (non-hydrogen) atoms. The molecule has 0 aromatic rings. The molecule has 0 aromatic heterocycles. The number of hydrogen-bond donors (Lipinski definition) is 1. The molecule has 0 atom stereocenters. The zero-order valence-corrected chi connectivity index (χ0v) is 14.4. The van der Waals surface area contributed by atoms with Crippen molar-refractivity contribution in [3.8, 4) is 11.8 Å². The van der Waals surface area contributed by atoms with Gasteiger partial charge in [-0.15, -0.1) is 0 Å². The van der Waals surface area contributed by atoms with Crippen molar-refractivity contribution in [2.75, 3.05) is 0 Å². The summed E-state index contributed by atoms with van der Waals surface area (Å²) in [6.45, 7) is 0. The Kier molecular flexibility index (Phi) is 5.77. The third-order valence-electron chi connectivity index (χ3n) is 4.27. The highest BCUT2D eigenvalue weighted by atomic mass is 19.4. The summed E-state index contributed by atoms with van der Waals surface area (Å²) >= 11 is 0. The Balaban J connectivity index is 2.32. The second-order valence-corrected chi connectivity index (χ2v) is 6.23. The Bertz CT molecular complexity index is 891. The van der Waals surface area contributed by atoms with E-state index in [0.717, 1.165) is 0 Å². The van der Waals surface area contributed by atoms with Gasteiger partial charge in [-0.05, 0) is 23.6 Å². The first-order chi connectivity index (χ1) is 13.5. The molecule has 2 aliphatic rings. The average Bonchev–Trinajstić information content (AvgIpc) is 3.00. The Morgan fingerprint density at radius 1 is 0.800 bits per heavy atom. The van der Waals surface area contributed by atoms with E-state index < -0.39 is 36.2 Å². The van der Waals surface area contributed by atoms with E-state index in [0.29, 0.717) is 17.1 Å². The second-order valence-electron chi connectivity index (χ2n) is 6.23. The quantitative estimate of drug-likeness (QED) is 0.495. The van der Waals surface area contributed by atoms with E-state index in [-0.39, 0.29) is 17.8 Å². The molecule has 0 heterocycles. The Morgan fingerprint density at radius 3 is 1.83 bits per heavy atom. The molecule has 0 amide bonds. The molecule has 2 rings (SSSR count). The van der Waals surface area contributed by atoms with Gasteiger partial charge in [0.2, 0.25) is 0 Å².